The van der Waals surface area contributed by atoms with Gasteiger partial charge in [0.25, 0.3) is 0 Å². The van der Waals surface area contributed by atoms with Gasteiger partial charge in [-0.25, -0.2) is 4.79 Å². The highest BCUT2D eigenvalue weighted by atomic mass is 16.6. The van der Waals surface area contributed by atoms with Gasteiger partial charge in [0, 0.05) is 19.5 Å². The minimum Gasteiger partial charge on any atom is -0.466 e. The van der Waals surface area contributed by atoms with E-state index in [-0.39, 0.29) is 31.9 Å². The molecule has 0 aromatic heterocycles. The van der Waals surface area contributed by atoms with Gasteiger partial charge in [-0.05, 0) is 70.2 Å². The molecule has 2 rings (SSSR count). The molecule has 9 heteroatoms. The smallest absolute Gasteiger partial charge is 0.408 e. The zero-order chi connectivity index (χ0) is 32.0. The first-order valence-electron chi connectivity index (χ1n) is 15.2. The van der Waals surface area contributed by atoms with Crippen molar-refractivity contribution in [2.45, 2.75) is 98.3 Å². The lowest BCUT2D eigenvalue weighted by atomic mass is 9.93. The number of ether oxygens (including phenoxy) is 2. The fourth-order valence-electron chi connectivity index (χ4n) is 4.90. The van der Waals surface area contributed by atoms with Gasteiger partial charge in [-0.1, -0.05) is 68.3 Å². The van der Waals surface area contributed by atoms with Gasteiger partial charge in [-0.2, -0.15) is 0 Å². The first-order chi connectivity index (χ1) is 20.4. The molecule has 2 atom stereocenters. The molecular weight excluding hydrogens is 546 g/mol. The Kier molecular flexibility index (Phi) is 14.2. The Morgan fingerprint density at radius 2 is 1.56 bits per heavy atom. The number of unbranched alkanes of at least 4 members (excludes halogenated alkanes) is 2. The Labute approximate surface area is 256 Å². The molecular formula is C34H49N3O6. The summed E-state index contributed by atoms with van der Waals surface area (Å²) in [5.74, 6) is -1.20. The Morgan fingerprint density at radius 3 is 2.14 bits per heavy atom. The molecule has 2 N–H and O–H groups in total. The van der Waals surface area contributed by atoms with Crippen LogP contribution in [-0.4, -0.2) is 60.1 Å². The van der Waals surface area contributed by atoms with Gasteiger partial charge < -0.3 is 25.0 Å². The quantitative estimate of drug-likeness (QED) is 0.206. The third kappa shape index (κ3) is 11.7. The van der Waals surface area contributed by atoms with E-state index in [0.717, 1.165) is 35.1 Å². The molecule has 43 heavy (non-hydrogen) atoms. The third-order valence-corrected chi connectivity index (χ3v) is 6.87. The maximum Gasteiger partial charge on any atom is 0.408 e. The normalized spacial score (nSPS) is 12.5. The number of nitrogens with one attached hydrogen (secondary N) is 2. The minimum absolute atomic E-state index is 0.0136. The molecule has 0 fully saturated rings. The topological polar surface area (TPSA) is 114 Å². The molecule has 0 heterocycles. The van der Waals surface area contributed by atoms with E-state index in [1.54, 1.807) is 32.6 Å². The third-order valence-electron chi connectivity index (χ3n) is 6.87. The minimum atomic E-state index is -0.988. The zero-order valence-electron chi connectivity index (χ0n) is 26.8. The average molecular weight is 596 g/mol. The average Bonchev–Trinajstić information content (AvgIpc) is 2.93. The van der Waals surface area contributed by atoms with Gasteiger partial charge >= 0.3 is 12.1 Å². The predicted octanol–water partition coefficient (Wildman–Crippen LogP) is 5.57. The summed E-state index contributed by atoms with van der Waals surface area (Å²) in [4.78, 5) is 55.0. The van der Waals surface area contributed by atoms with E-state index in [9.17, 15) is 19.2 Å². The Hall–Kier alpha value is -3.88. The summed E-state index contributed by atoms with van der Waals surface area (Å²) in [6.45, 7) is 13.5. The number of amides is 3. The van der Waals surface area contributed by atoms with Crippen molar-refractivity contribution >= 4 is 23.9 Å². The fourth-order valence-corrected chi connectivity index (χ4v) is 4.90. The number of hydrogen-bond donors (Lipinski definition) is 2. The number of rotatable bonds is 15. The first-order valence-corrected chi connectivity index (χ1v) is 15.2. The maximum atomic E-state index is 14.6. The van der Waals surface area contributed by atoms with Crippen LogP contribution in [0.5, 0.6) is 0 Å². The summed E-state index contributed by atoms with van der Waals surface area (Å²) in [6.07, 6.45) is 1.97. The molecule has 3 amide bonds. The van der Waals surface area contributed by atoms with E-state index in [4.69, 9.17) is 9.47 Å². The lowest BCUT2D eigenvalue weighted by molar-refractivity contribution is -0.144. The lowest BCUT2D eigenvalue weighted by Crippen LogP contribution is -2.54. The molecule has 0 radical (unpaired) electrons. The highest BCUT2D eigenvalue weighted by molar-refractivity contribution is 5.93. The first kappa shape index (κ1) is 35.3. The van der Waals surface area contributed by atoms with Gasteiger partial charge in [0.05, 0.1) is 13.0 Å². The van der Waals surface area contributed by atoms with E-state index < -0.39 is 35.7 Å². The standard InChI is InChI=1S/C34H49N3O6/c1-8-10-14-22-37(32(40)27(23-26-18-12-11-13-19-26)36-33(41)43-34(5,6)7)30(29-24(3)16-15-17-25(29)4)31(39)35-21-20-28(38)42-9-2/h11-13,15-19,27,30H,8-10,14,20-23H2,1-7H3,(H,35,39)(H,36,41). The molecule has 0 aliphatic heterocycles. The number of hydrogen-bond acceptors (Lipinski definition) is 6. The molecule has 2 aromatic rings. The molecule has 2 aromatic carbocycles. The van der Waals surface area contributed by atoms with Crippen molar-refractivity contribution in [1.82, 2.24) is 15.5 Å². The van der Waals surface area contributed by atoms with E-state index >= 15 is 0 Å². The predicted molar refractivity (Wildman–Crippen MR) is 167 cm³/mol. The van der Waals surface area contributed by atoms with E-state index in [0.29, 0.717) is 13.0 Å². The lowest BCUT2D eigenvalue weighted by Gasteiger charge is -2.36. The molecule has 0 saturated carbocycles. The van der Waals surface area contributed by atoms with Crippen LogP contribution in [0.4, 0.5) is 4.79 Å². The number of aryl methyl sites for hydroxylation is 2. The number of nitrogens with zero attached hydrogens (tertiary/aromatic N) is 1. The molecule has 2 unspecified atom stereocenters. The van der Waals surface area contributed by atoms with Gasteiger partial charge in [-0.3, -0.25) is 14.4 Å². The molecule has 0 aliphatic rings. The Morgan fingerprint density at radius 1 is 0.907 bits per heavy atom. The Bertz CT molecular complexity index is 1190. The molecule has 9 nitrogen and oxygen atoms in total. The van der Waals surface area contributed by atoms with Crippen molar-refractivity contribution in [1.29, 1.82) is 0 Å². The summed E-state index contributed by atoms with van der Waals surface area (Å²) in [5.41, 5.74) is 2.53. The van der Waals surface area contributed by atoms with E-state index in [2.05, 4.69) is 17.6 Å². The van der Waals surface area contributed by atoms with Crippen molar-refractivity contribution in [2.75, 3.05) is 19.7 Å². The van der Waals surface area contributed by atoms with Crippen LogP contribution >= 0.6 is 0 Å². The molecule has 236 valence electrons. The van der Waals surface area contributed by atoms with Crippen LogP contribution in [-0.2, 0) is 30.3 Å². The number of carbonyl (C=O) groups excluding carboxylic acids is 4. The Balaban J connectivity index is 2.56. The van der Waals surface area contributed by atoms with E-state index in [1.165, 1.54) is 0 Å². The van der Waals surface area contributed by atoms with Gasteiger partial charge in [-0.15, -0.1) is 0 Å². The highest BCUT2D eigenvalue weighted by Crippen LogP contribution is 2.29. The van der Waals surface area contributed by atoms with Gasteiger partial charge in [0.15, 0.2) is 0 Å². The van der Waals surface area contributed by atoms with Crippen molar-refractivity contribution in [3.05, 3.63) is 70.8 Å². The monoisotopic (exact) mass is 595 g/mol. The van der Waals surface area contributed by atoms with Crippen LogP contribution in [0.3, 0.4) is 0 Å². The van der Waals surface area contributed by atoms with Crippen molar-refractivity contribution in [2.24, 2.45) is 0 Å². The summed E-state index contributed by atoms with van der Waals surface area (Å²) >= 11 is 0. The molecule has 0 saturated heterocycles. The summed E-state index contributed by atoms with van der Waals surface area (Å²) in [5, 5.41) is 5.66. The summed E-state index contributed by atoms with van der Waals surface area (Å²) < 4.78 is 10.5. The zero-order valence-corrected chi connectivity index (χ0v) is 26.8. The number of carbonyl (C=O) groups is 4. The fraction of sp³-hybridized carbons (Fsp3) is 0.529. The summed E-state index contributed by atoms with van der Waals surface area (Å²) in [6, 6.07) is 13.2. The van der Waals surface area contributed by atoms with Gasteiger partial charge in [0.1, 0.15) is 17.7 Å². The van der Waals surface area contributed by atoms with Crippen LogP contribution in [0.1, 0.15) is 88.6 Å². The van der Waals surface area contributed by atoms with Gasteiger partial charge in [0.2, 0.25) is 11.8 Å². The van der Waals surface area contributed by atoms with Crippen molar-refractivity contribution < 1.29 is 28.7 Å². The summed E-state index contributed by atoms with van der Waals surface area (Å²) in [7, 11) is 0. The van der Waals surface area contributed by atoms with Crippen LogP contribution in [0.2, 0.25) is 0 Å². The SMILES string of the molecule is CCCCCN(C(=O)C(Cc1ccccc1)NC(=O)OC(C)(C)C)C(C(=O)NCCC(=O)OCC)c1c(C)cccc1C. The second-order valence-electron chi connectivity index (χ2n) is 11.7. The molecule has 0 bridgehead atoms. The second kappa shape index (κ2) is 17.3. The number of alkyl carbamates (subject to hydrolysis) is 1. The largest absolute Gasteiger partial charge is 0.466 e. The second-order valence-corrected chi connectivity index (χ2v) is 11.7. The van der Waals surface area contributed by atoms with Crippen LogP contribution in [0.25, 0.3) is 0 Å². The number of benzene rings is 2. The molecule has 0 spiro atoms. The number of esters is 1. The van der Waals surface area contributed by atoms with Crippen molar-refractivity contribution in [3.63, 3.8) is 0 Å². The van der Waals surface area contributed by atoms with E-state index in [1.807, 2.05) is 62.4 Å². The molecule has 0 aliphatic carbocycles. The van der Waals surface area contributed by atoms with Crippen LogP contribution in [0.15, 0.2) is 48.5 Å². The maximum absolute atomic E-state index is 14.6. The van der Waals surface area contributed by atoms with Crippen LogP contribution < -0.4 is 10.6 Å². The highest BCUT2D eigenvalue weighted by Gasteiger charge is 2.37. The van der Waals surface area contributed by atoms with Crippen molar-refractivity contribution in [3.8, 4) is 0 Å². The van der Waals surface area contributed by atoms with Crippen LogP contribution in [0, 0.1) is 13.8 Å².